The van der Waals surface area contributed by atoms with Crippen LogP contribution >= 0.6 is 11.6 Å². The lowest BCUT2D eigenvalue weighted by atomic mass is 10.2. The minimum absolute atomic E-state index is 0.0881. The summed E-state index contributed by atoms with van der Waals surface area (Å²) in [7, 11) is 1.30. The van der Waals surface area contributed by atoms with Gasteiger partial charge in [-0.25, -0.2) is 4.39 Å². The molecule has 0 saturated carbocycles. The number of carbonyl (C=O) groups excluding carboxylic acids is 1. The summed E-state index contributed by atoms with van der Waals surface area (Å²) in [6.07, 6.45) is 1.26. The number of hydrogen-bond acceptors (Lipinski definition) is 5. The minimum atomic E-state index is -2.98. The van der Waals surface area contributed by atoms with Crippen molar-refractivity contribution in [1.82, 2.24) is 0 Å². The number of anilines is 1. The summed E-state index contributed by atoms with van der Waals surface area (Å²) < 4.78 is 46.8. The second kappa shape index (κ2) is 9.67. The summed E-state index contributed by atoms with van der Waals surface area (Å²) in [6, 6.07) is 7.87. The molecule has 0 unspecified atom stereocenters. The second-order valence-electron chi connectivity index (χ2n) is 4.97. The van der Waals surface area contributed by atoms with Crippen LogP contribution in [0.15, 0.2) is 41.6 Å². The molecule has 2 rings (SSSR count). The second-order valence-corrected chi connectivity index (χ2v) is 5.38. The average molecular weight is 403 g/mol. The Hall–Kier alpha value is -2.94. The molecule has 0 fully saturated rings. The SMILES string of the molecule is COc1cc(/C=N\OCC(=O)Nc2ccc(F)c(Cl)c2)ccc1OC(F)F. The Balaban J connectivity index is 1.87. The molecule has 0 saturated heterocycles. The van der Waals surface area contributed by atoms with E-state index in [0.29, 0.717) is 11.3 Å². The number of ether oxygens (including phenoxy) is 2. The van der Waals surface area contributed by atoms with E-state index in [4.69, 9.17) is 21.2 Å². The molecule has 6 nitrogen and oxygen atoms in total. The molecule has 0 heterocycles. The lowest BCUT2D eigenvalue weighted by Crippen LogP contribution is -2.17. The molecule has 0 aromatic heterocycles. The molecular formula is C17H14ClF3N2O4. The third-order valence-electron chi connectivity index (χ3n) is 3.08. The van der Waals surface area contributed by atoms with Gasteiger partial charge in [0.2, 0.25) is 0 Å². The molecule has 0 spiro atoms. The maximum atomic E-state index is 13.0. The first-order chi connectivity index (χ1) is 12.9. The van der Waals surface area contributed by atoms with Gasteiger partial charge in [-0.05, 0) is 36.4 Å². The number of benzene rings is 2. The predicted molar refractivity (Wildman–Crippen MR) is 93.2 cm³/mol. The monoisotopic (exact) mass is 402 g/mol. The Morgan fingerprint density at radius 2 is 2.04 bits per heavy atom. The third kappa shape index (κ3) is 6.37. The van der Waals surface area contributed by atoms with Crippen LogP contribution in [0.4, 0.5) is 18.9 Å². The van der Waals surface area contributed by atoms with Crippen molar-refractivity contribution >= 4 is 29.4 Å². The summed E-state index contributed by atoms with van der Waals surface area (Å²) in [5.74, 6) is -1.17. The van der Waals surface area contributed by atoms with Crippen molar-refractivity contribution in [2.75, 3.05) is 19.0 Å². The van der Waals surface area contributed by atoms with Crippen LogP contribution < -0.4 is 14.8 Å². The number of amides is 1. The number of rotatable bonds is 8. The Morgan fingerprint density at radius 3 is 2.70 bits per heavy atom. The van der Waals surface area contributed by atoms with Crippen molar-refractivity contribution in [2.24, 2.45) is 5.16 Å². The van der Waals surface area contributed by atoms with E-state index in [0.717, 1.165) is 6.07 Å². The van der Waals surface area contributed by atoms with Crippen molar-refractivity contribution < 1.29 is 32.3 Å². The van der Waals surface area contributed by atoms with Gasteiger partial charge in [0.15, 0.2) is 18.1 Å². The van der Waals surface area contributed by atoms with Crippen molar-refractivity contribution in [1.29, 1.82) is 0 Å². The quantitative estimate of drug-likeness (QED) is 0.533. The van der Waals surface area contributed by atoms with Gasteiger partial charge in [0.1, 0.15) is 5.82 Å². The Morgan fingerprint density at radius 1 is 1.26 bits per heavy atom. The lowest BCUT2D eigenvalue weighted by Gasteiger charge is -2.09. The van der Waals surface area contributed by atoms with Gasteiger partial charge in [-0.1, -0.05) is 16.8 Å². The molecule has 1 amide bonds. The highest BCUT2D eigenvalue weighted by atomic mass is 35.5. The van der Waals surface area contributed by atoms with Gasteiger partial charge < -0.3 is 19.6 Å². The van der Waals surface area contributed by atoms with Gasteiger partial charge in [-0.15, -0.1) is 0 Å². The first-order valence-electron chi connectivity index (χ1n) is 7.42. The number of methoxy groups -OCH3 is 1. The van der Waals surface area contributed by atoms with Crippen LogP contribution in [0.5, 0.6) is 11.5 Å². The van der Waals surface area contributed by atoms with Crippen molar-refractivity contribution in [3.8, 4) is 11.5 Å². The normalized spacial score (nSPS) is 10.9. The molecule has 0 aliphatic heterocycles. The number of hydrogen-bond donors (Lipinski definition) is 1. The molecule has 0 atom stereocenters. The predicted octanol–water partition coefficient (Wildman–Crippen LogP) is 4.08. The Kier molecular flexibility index (Phi) is 7.30. The number of alkyl halides is 2. The van der Waals surface area contributed by atoms with Crippen LogP contribution in [0.2, 0.25) is 5.02 Å². The van der Waals surface area contributed by atoms with E-state index in [1.165, 1.54) is 43.7 Å². The smallest absolute Gasteiger partial charge is 0.387 e. The first kappa shape index (κ1) is 20.4. The van der Waals surface area contributed by atoms with E-state index in [2.05, 4.69) is 15.2 Å². The minimum Gasteiger partial charge on any atom is -0.493 e. The van der Waals surface area contributed by atoms with E-state index in [9.17, 15) is 18.0 Å². The third-order valence-corrected chi connectivity index (χ3v) is 3.37. The highest BCUT2D eigenvalue weighted by Crippen LogP contribution is 2.28. The summed E-state index contributed by atoms with van der Waals surface area (Å²) >= 11 is 5.61. The highest BCUT2D eigenvalue weighted by molar-refractivity contribution is 6.31. The highest BCUT2D eigenvalue weighted by Gasteiger charge is 2.10. The van der Waals surface area contributed by atoms with Crippen LogP contribution in [-0.4, -0.2) is 32.4 Å². The van der Waals surface area contributed by atoms with E-state index in [1.807, 2.05) is 0 Å². The summed E-state index contributed by atoms with van der Waals surface area (Å²) in [4.78, 5) is 16.6. The first-order valence-corrected chi connectivity index (χ1v) is 7.80. The van der Waals surface area contributed by atoms with Crippen LogP contribution in [0, 0.1) is 5.82 Å². The zero-order valence-electron chi connectivity index (χ0n) is 13.9. The van der Waals surface area contributed by atoms with Gasteiger partial charge in [0.25, 0.3) is 5.91 Å². The van der Waals surface area contributed by atoms with Crippen LogP contribution in [-0.2, 0) is 9.63 Å². The molecule has 10 heteroatoms. The Bertz CT molecular complexity index is 834. The van der Waals surface area contributed by atoms with Gasteiger partial charge in [-0.2, -0.15) is 8.78 Å². The molecular weight excluding hydrogens is 389 g/mol. The number of nitrogens with zero attached hydrogens (tertiary/aromatic N) is 1. The molecule has 1 N–H and O–H groups in total. The molecule has 144 valence electrons. The topological polar surface area (TPSA) is 69.2 Å². The number of carbonyl (C=O) groups is 1. The fourth-order valence-electron chi connectivity index (χ4n) is 1.92. The zero-order chi connectivity index (χ0) is 19.8. The summed E-state index contributed by atoms with van der Waals surface area (Å²) in [6.45, 7) is -3.38. The van der Waals surface area contributed by atoms with Crippen molar-refractivity contribution in [2.45, 2.75) is 6.61 Å². The maximum absolute atomic E-state index is 13.0. The van der Waals surface area contributed by atoms with Crippen LogP contribution in [0.1, 0.15) is 5.56 Å². The van der Waals surface area contributed by atoms with E-state index in [1.54, 1.807) is 0 Å². The molecule has 0 radical (unpaired) electrons. The molecule has 2 aromatic rings. The van der Waals surface area contributed by atoms with Gasteiger partial charge in [0.05, 0.1) is 18.3 Å². The van der Waals surface area contributed by atoms with Gasteiger partial charge >= 0.3 is 6.61 Å². The summed E-state index contributed by atoms with van der Waals surface area (Å²) in [5, 5.41) is 5.94. The van der Waals surface area contributed by atoms with Crippen molar-refractivity contribution in [3.63, 3.8) is 0 Å². The fourth-order valence-corrected chi connectivity index (χ4v) is 2.10. The van der Waals surface area contributed by atoms with Gasteiger partial charge in [0, 0.05) is 11.3 Å². The maximum Gasteiger partial charge on any atom is 0.387 e. The van der Waals surface area contributed by atoms with Gasteiger partial charge in [-0.3, -0.25) is 4.79 Å². The average Bonchev–Trinajstić information content (AvgIpc) is 2.62. The largest absolute Gasteiger partial charge is 0.493 e. The standard InChI is InChI=1S/C17H14ClF3N2O4/c1-25-15-6-10(2-5-14(15)27-17(20)21)8-22-26-9-16(24)23-11-3-4-13(19)12(18)7-11/h2-8,17H,9H2,1H3,(H,23,24)/b22-8-. The van der Waals surface area contributed by atoms with E-state index < -0.39 is 24.9 Å². The number of halogens is 4. The molecule has 0 aliphatic carbocycles. The number of nitrogens with one attached hydrogen (secondary N) is 1. The fraction of sp³-hybridized carbons (Fsp3) is 0.176. The van der Waals surface area contributed by atoms with E-state index >= 15 is 0 Å². The lowest BCUT2D eigenvalue weighted by molar-refractivity contribution is -0.120. The molecule has 27 heavy (non-hydrogen) atoms. The summed E-state index contributed by atoms with van der Waals surface area (Å²) in [5.41, 5.74) is 0.775. The van der Waals surface area contributed by atoms with E-state index in [-0.39, 0.29) is 16.5 Å². The van der Waals surface area contributed by atoms with Crippen LogP contribution in [0.25, 0.3) is 0 Å². The van der Waals surface area contributed by atoms with Crippen molar-refractivity contribution in [3.05, 3.63) is 52.8 Å². The Labute approximate surface area is 157 Å². The molecule has 2 aromatic carbocycles. The molecule has 0 aliphatic rings. The number of oxime groups is 1. The molecule has 0 bridgehead atoms. The van der Waals surface area contributed by atoms with Crippen LogP contribution in [0.3, 0.4) is 0 Å². The zero-order valence-corrected chi connectivity index (χ0v) is 14.7.